The molecule has 8 heteroatoms. The van der Waals surface area contributed by atoms with Crippen LogP contribution < -0.4 is 10.1 Å². The van der Waals surface area contributed by atoms with Gasteiger partial charge in [0.15, 0.2) is 17.6 Å². The third-order valence-electron chi connectivity index (χ3n) is 4.28. The van der Waals surface area contributed by atoms with Crippen molar-refractivity contribution >= 4 is 50.8 Å². The van der Waals surface area contributed by atoms with E-state index in [2.05, 4.69) is 15.3 Å². The molecule has 0 bridgehead atoms. The first-order chi connectivity index (χ1) is 13.1. The maximum absolute atomic E-state index is 6.24. The van der Waals surface area contributed by atoms with E-state index in [0.717, 1.165) is 16.3 Å². The van der Waals surface area contributed by atoms with Crippen LogP contribution in [0, 0.1) is 0 Å². The molecule has 6 nitrogen and oxygen atoms in total. The van der Waals surface area contributed by atoms with Crippen molar-refractivity contribution in [1.29, 1.82) is 0 Å². The lowest BCUT2D eigenvalue weighted by Crippen LogP contribution is -2.14. The maximum atomic E-state index is 6.24. The highest BCUT2D eigenvalue weighted by atomic mass is 35.5. The number of rotatable bonds is 5. The molecule has 0 amide bonds. The van der Waals surface area contributed by atoms with Crippen LogP contribution in [0.1, 0.15) is 11.8 Å². The first-order valence-corrected chi connectivity index (χ1v) is 8.81. The molecule has 0 radical (unpaired) electrons. The highest BCUT2D eigenvalue weighted by Gasteiger charge is 2.22. The van der Waals surface area contributed by atoms with Gasteiger partial charge in [-0.05, 0) is 18.2 Å². The molecule has 0 spiro atoms. The summed E-state index contributed by atoms with van der Waals surface area (Å²) in [6, 6.07) is 5.55. The molecule has 0 aliphatic rings. The minimum Gasteiger partial charge on any atom is -0.493 e. The van der Waals surface area contributed by atoms with Gasteiger partial charge in [-0.3, -0.25) is 9.97 Å². The van der Waals surface area contributed by atoms with Crippen LogP contribution in [-0.2, 0) is 4.74 Å². The van der Waals surface area contributed by atoms with Crippen molar-refractivity contribution in [3.63, 3.8) is 0 Å². The Kier molecular flexibility index (Phi) is 4.78. The minimum absolute atomic E-state index is 0.396. The summed E-state index contributed by atoms with van der Waals surface area (Å²) in [4.78, 5) is 8.19. The summed E-state index contributed by atoms with van der Waals surface area (Å²) in [5.74, 6) is 0.625. The number of halogens is 2. The second-order valence-electron chi connectivity index (χ2n) is 5.77. The number of hydrogen-bond donors (Lipinski definition) is 1. The monoisotopic (exact) mass is 403 g/mol. The van der Waals surface area contributed by atoms with Gasteiger partial charge in [0.05, 0.1) is 22.8 Å². The van der Waals surface area contributed by atoms with Crippen LogP contribution in [-0.4, -0.2) is 24.2 Å². The van der Waals surface area contributed by atoms with Gasteiger partial charge in [-0.25, -0.2) is 0 Å². The molecule has 0 saturated carbocycles. The average Bonchev–Trinajstić information content (AvgIpc) is 3.07. The fourth-order valence-corrected chi connectivity index (χ4v) is 3.52. The highest BCUT2D eigenvalue weighted by molar-refractivity contribution is 6.38. The summed E-state index contributed by atoms with van der Waals surface area (Å²) in [6.45, 7) is 0. The normalized spacial score (nSPS) is 12.4. The Balaban J connectivity index is 1.91. The Morgan fingerprint density at radius 2 is 1.81 bits per heavy atom. The number of nitrogens with one attached hydrogen (secondary N) is 1. The van der Waals surface area contributed by atoms with E-state index in [4.69, 9.17) is 37.1 Å². The molecule has 3 aromatic heterocycles. The zero-order chi connectivity index (χ0) is 19.0. The Hall–Kier alpha value is -2.54. The number of methoxy groups -OCH3 is 2. The molecule has 1 N–H and O–H groups in total. The number of fused-ring (bicyclic) bond motifs is 3. The number of anilines is 1. The molecule has 3 heterocycles. The van der Waals surface area contributed by atoms with E-state index in [0.29, 0.717) is 32.6 Å². The second kappa shape index (κ2) is 7.23. The number of aromatic nitrogens is 2. The van der Waals surface area contributed by atoms with Crippen molar-refractivity contribution in [2.24, 2.45) is 0 Å². The molecule has 27 heavy (non-hydrogen) atoms. The van der Waals surface area contributed by atoms with Crippen LogP contribution in [0.3, 0.4) is 0 Å². The number of pyridine rings is 2. The number of hydrogen-bond acceptors (Lipinski definition) is 6. The molecule has 1 unspecified atom stereocenters. The fraction of sp³-hybridized carbons (Fsp3) is 0.158. The Bertz CT molecular complexity index is 1110. The lowest BCUT2D eigenvalue weighted by Gasteiger charge is -2.21. The van der Waals surface area contributed by atoms with Crippen molar-refractivity contribution in [2.75, 3.05) is 19.5 Å². The molecule has 4 rings (SSSR count). The van der Waals surface area contributed by atoms with Gasteiger partial charge in [-0.2, -0.15) is 0 Å². The first kappa shape index (κ1) is 17.9. The molecular weight excluding hydrogens is 389 g/mol. The average molecular weight is 404 g/mol. The maximum Gasteiger partial charge on any atom is 0.177 e. The van der Waals surface area contributed by atoms with Crippen molar-refractivity contribution in [3.8, 4) is 5.75 Å². The Labute approximate surface area is 165 Å². The number of benzene rings is 1. The van der Waals surface area contributed by atoms with Gasteiger partial charge in [-0.15, -0.1) is 0 Å². The van der Waals surface area contributed by atoms with E-state index >= 15 is 0 Å². The quantitative estimate of drug-likeness (QED) is 0.446. The molecule has 138 valence electrons. The van der Waals surface area contributed by atoms with E-state index in [-0.39, 0.29) is 0 Å². The van der Waals surface area contributed by atoms with Gasteiger partial charge < -0.3 is 19.2 Å². The third-order valence-corrected chi connectivity index (χ3v) is 4.86. The summed E-state index contributed by atoms with van der Waals surface area (Å²) in [7, 11) is 3.19. The van der Waals surface area contributed by atoms with E-state index in [1.54, 1.807) is 26.6 Å². The van der Waals surface area contributed by atoms with Crippen LogP contribution in [0.2, 0.25) is 10.0 Å². The van der Waals surface area contributed by atoms with Crippen molar-refractivity contribution in [1.82, 2.24) is 9.97 Å². The van der Waals surface area contributed by atoms with Crippen LogP contribution in [0.4, 0.5) is 5.69 Å². The van der Waals surface area contributed by atoms with Crippen LogP contribution in [0.25, 0.3) is 21.9 Å². The Morgan fingerprint density at radius 1 is 1.04 bits per heavy atom. The topological polar surface area (TPSA) is 69.4 Å². The van der Waals surface area contributed by atoms with E-state index < -0.39 is 6.23 Å². The van der Waals surface area contributed by atoms with Gasteiger partial charge in [0.25, 0.3) is 0 Å². The largest absolute Gasteiger partial charge is 0.493 e. The molecule has 0 saturated heterocycles. The highest BCUT2D eigenvalue weighted by Crippen LogP contribution is 2.40. The van der Waals surface area contributed by atoms with Crippen LogP contribution in [0.5, 0.6) is 5.75 Å². The van der Waals surface area contributed by atoms with E-state index in [1.807, 2.05) is 18.2 Å². The van der Waals surface area contributed by atoms with Gasteiger partial charge >= 0.3 is 0 Å². The first-order valence-electron chi connectivity index (χ1n) is 8.05. The van der Waals surface area contributed by atoms with E-state index in [1.165, 1.54) is 12.4 Å². The van der Waals surface area contributed by atoms with Crippen molar-refractivity contribution < 1.29 is 13.9 Å². The summed E-state index contributed by atoms with van der Waals surface area (Å²) >= 11 is 12.5. The van der Waals surface area contributed by atoms with Gasteiger partial charge in [0.2, 0.25) is 0 Å². The Morgan fingerprint density at radius 3 is 2.52 bits per heavy atom. The van der Waals surface area contributed by atoms with E-state index in [9.17, 15) is 0 Å². The molecule has 0 aliphatic heterocycles. The molecule has 4 aromatic rings. The number of nitrogens with zero attached hydrogens (tertiary/aromatic N) is 2. The second-order valence-corrected chi connectivity index (χ2v) is 6.59. The van der Waals surface area contributed by atoms with Gasteiger partial charge in [0.1, 0.15) is 5.58 Å². The molecule has 0 fully saturated rings. The van der Waals surface area contributed by atoms with Crippen molar-refractivity contribution in [2.45, 2.75) is 6.23 Å². The molecule has 1 aromatic carbocycles. The third kappa shape index (κ3) is 3.06. The SMILES string of the molecule is COc1ccc(C(Nc2c(Cl)cncc2Cl)OC)c2c1oc1ccncc12. The smallest absolute Gasteiger partial charge is 0.177 e. The summed E-state index contributed by atoms with van der Waals surface area (Å²) in [5.41, 5.74) is 2.70. The standard InChI is InChI=1S/C19H15Cl2N3O3/c1-25-15-4-3-10(16-11-7-22-6-5-14(11)27-18(15)16)19(26-2)24-17-12(20)8-23-9-13(17)21/h3-9,19H,1-2H3,(H,23,24). The summed E-state index contributed by atoms with van der Waals surface area (Å²) < 4.78 is 17.2. The number of furan rings is 1. The zero-order valence-electron chi connectivity index (χ0n) is 14.5. The zero-order valence-corrected chi connectivity index (χ0v) is 16.0. The predicted octanol–water partition coefficient (Wildman–Crippen LogP) is 5.45. The predicted molar refractivity (Wildman–Crippen MR) is 106 cm³/mol. The molecule has 1 atom stereocenters. The summed E-state index contributed by atoms with van der Waals surface area (Å²) in [5, 5.41) is 5.73. The summed E-state index contributed by atoms with van der Waals surface area (Å²) in [6.07, 6.45) is 5.92. The van der Waals surface area contributed by atoms with Crippen LogP contribution >= 0.6 is 23.2 Å². The minimum atomic E-state index is -0.545. The van der Waals surface area contributed by atoms with Gasteiger partial charge in [0, 0.05) is 48.2 Å². The molecule has 0 aliphatic carbocycles. The van der Waals surface area contributed by atoms with Crippen molar-refractivity contribution in [3.05, 3.63) is 58.6 Å². The van der Waals surface area contributed by atoms with Crippen LogP contribution in [0.15, 0.2) is 47.4 Å². The number of ether oxygens (including phenoxy) is 2. The molecular formula is C19H15Cl2N3O3. The lowest BCUT2D eigenvalue weighted by atomic mass is 10.1. The van der Waals surface area contributed by atoms with Gasteiger partial charge in [-0.1, -0.05) is 23.2 Å². The lowest BCUT2D eigenvalue weighted by molar-refractivity contribution is 0.128. The fourth-order valence-electron chi connectivity index (χ4n) is 3.05.